The summed E-state index contributed by atoms with van der Waals surface area (Å²) in [6.45, 7) is 9.88. The Balaban J connectivity index is 2.25. The van der Waals surface area contributed by atoms with Gasteiger partial charge in [0.1, 0.15) is 0 Å². The van der Waals surface area contributed by atoms with Crippen LogP contribution in [-0.2, 0) is 4.74 Å². The maximum atomic E-state index is 5.72. The van der Waals surface area contributed by atoms with Crippen molar-refractivity contribution in [3.05, 3.63) is 0 Å². The Labute approximate surface area is 82.0 Å². The summed E-state index contributed by atoms with van der Waals surface area (Å²) in [5.74, 6) is 1.51. The molecule has 1 N–H and O–H groups in total. The molecule has 0 aromatic heterocycles. The summed E-state index contributed by atoms with van der Waals surface area (Å²) in [6, 6.07) is 0. The predicted octanol–water partition coefficient (Wildman–Crippen LogP) is 2.05. The number of hydrogen-bond acceptors (Lipinski definition) is 2. The van der Waals surface area contributed by atoms with Crippen molar-refractivity contribution in [2.24, 2.45) is 11.8 Å². The molecule has 0 bridgehead atoms. The average molecular weight is 185 g/mol. The van der Waals surface area contributed by atoms with E-state index in [2.05, 4.69) is 26.1 Å². The minimum absolute atomic E-state index is 0.498. The zero-order valence-electron chi connectivity index (χ0n) is 9.18. The fraction of sp³-hybridized carbons (Fsp3) is 1.00. The van der Waals surface area contributed by atoms with Crippen LogP contribution in [-0.4, -0.2) is 25.8 Å². The van der Waals surface area contributed by atoms with Crippen LogP contribution in [0.3, 0.4) is 0 Å². The van der Waals surface area contributed by atoms with Gasteiger partial charge in [0.2, 0.25) is 0 Å². The standard InChI is InChI=1S/C11H23NO/c1-4-12-8-10-5-6-13-11(7-10)9(2)3/h9-12H,4-8H2,1-3H3. The van der Waals surface area contributed by atoms with E-state index in [-0.39, 0.29) is 0 Å². The van der Waals surface area contributed by atoms with Gasteiger partial charge in [-0.3, -0.25) is 0 Å². The summed E-state index contributed by atoms with van der Waals surface area (Å²) in [6.07, 6.45) is 2.97. The molecule has 2 unspecified atom stereocenters. The Bertz CT molecular complexity index is 136. The Kier molecular flexibility index (Phi) is 4.74. The first-order valence-corrected chi connectivity index (χ1v) is 5.56. The molecule has 0 radical (unpaired) electrons. The van der Waals surface area contributed by atoms with E-state index in [0.29, 0.717) is 12.0 Å². The SMILES string of the molecule is CCNCC1CCOC(C(C)C)C1. The van der Waals surface area contributed by atoms with Gasteiger partial charge in [0.05, 0.1) is 6.10 Å². The molecule has 0 saturated carbocycles. The van der Waals surface area contributed by atoms with Crippen molar-refractivity contribution >= 4 is 0 Å². The topological polar surface area (TPSA) is 21.3 Å². The fourth-order valence-electron chi connectivity index (χ4n) is 1.90. The van der Waals surface area contributed by atoms with Gasteiger partial charge < -0.3 is 10.1 Å². The zero-order chi connectivity index (χ0) is 9.68. The average Bonchev–Trinajstić information content (AvgIpc) is 2.15. The van der Waals surface area contributed by atoms with E-state index in [1.165, 1.54) is 19.4 Å². The highest BCUT2D eigenvalue weighted by Gasteiger charge is 2.24. The quantitative estimate of drug-likeness (QED) is 0.723. The van der Waals surface area contributed by atoms with Crippen molar-refractivity contribution in [1.29, 1.82) is 0 Å². The van der Waals surface area contributed by atoms with Gasteiger partial charge >= 0.3 is 0 Å². The monoisotopic (exact) mass is 185 g/mol. The van der Waals surface area contributed by atoms with Crippen LogP contribution in [0.25, 0.3) is 0 Å². The summed E-state index contributed by atoms with van der Waals surface area (Å²) in [7, 11) is 0. The summed E-state index contributed by atoms with van der Waals surface area (Å²) >= 11 is 0. The van der Waals surface area contributed by atoms with E-state index in [0.717, 1.165) is 19.1 Å². The van der Waals surface area contributed by atoms with Gasteiger partial charge in [0.25, 0.3) is 0 Å². The molecular formula is C11H23NO. The molecule has 0 aliphatic carbocycles. The molecule has 0 spiro atoms. The zero-order valence-corrected chi connectivity index (χ0v) is 9.18. The number of nitrogens with one attached hydrogen (secondary N) is 1. The number of rotatable bonds is 4. The van der Waals surface area contributed by atoms with E-state index in [1.807, 2.05) is 0 Å². The molecule has 1 aliphatic heterocycles. The van der Waals surface area contributed by atoms with Gasteiger partial charge in [0, 0.05) is 6.61 Å². The summed E-state index contributed by atoms with van der Waals surface area (Å²) < 4.78 is 5.72. The highest BCUT2D eigenvalue weighted by atomic mass is 16.5. The molecule has 0 amide bonds. The van der Waals surface area contributed by atoms with Crippen LogP contribution in [0.2, 0.25) is 0 Å². The number of hydrogen-bond donors (Lipinski definition) is 1. The lowest BCUT2D eigenvalue weighted by Gasteiger charge is -2.32. The van der Waals surface area contributed by atoms with Crippen molar-refractivity contribution < 1.29 is 4.74 Å². The first-order chi connectivity index (χ1) is 6.24. The van der Waals surface area contributed by atoms with Crippen LogP contribution in [0, 0.1) is 11.8 Å². The Morgan fingerprint density at radius 1 is 1.46 bits per heavy atom. The second-order valence-corrected chi connectivity index (χ2v) is 4.35. The van der Waals surface area contributed by atoms with Crippen LogP contribution >= 0.6 is 0 Å². The van der Waals surface area contributed by atoms with Gasteiger partial charge in [-0.25, -0.2) is 0 Å². The van der Waals surface area contributed by atoms with Crippen molar-refractivity contribution in [1.82, 2.24) is 5.32 Å². The predicted molar refractivity (Wildman–Crippen MR) is 55.8 cm³/mol. The van der Waals surface area contributed by atoms with Crippen LogP contribution in [0.5, 0.6) is 0 Å². The fourth-order valence-corrected chi connectivity index (χ4v) is 1.90. The molecule has 2 heteroatoms. The molecule has 1 heterocycles. The van der Waals surface area contributed by atoms with Crippen molar-refractivity contribution in [3.8, 4) is 0 Å². The number of ether oxygens (including phenoxy) is 1. The molecule has 0 aromatic rings. The van der Waals surface area contributed by atoms with Gasteiger partial charge in [-0.1, -0.05) is 20.8 Å². The molecule has 0 aromatic carbocycles. The van der Waals surface area contributed by atoms with Gasteiger partial charge in [-0.2, -0.15) is 0 Å². The van der Waals surface area contributed by atoms with E-state index >= 15 is 0 Å². The van der Waals surface area contributed by atoms with Crippen LogP contribution in [0.4, 0.5) is 0 Å². The second kappa shape index (κ2) is 5.61. The molecule has 1 fully saturated rings. The van der Waals surface area contributed by atoms with Crippen LogP contribution in [0.1, 0.15) is 33.6 Å². The lowest BCUT2D eigenvalue weighted by Crippen LogP contribution is -2.34. The Morgan fingerprint density at radius 3 is 2.85 bits per heavy atom. The van der Waals surface area contributed by atoms with Gasteiger partial charge in [0.15, 0.2) is 0 Å². The molecule has 13 heavy (non-hydrogen) atoms. The molecule has 1 rings (SSSR count). The Morgan fingerprint density at radius 2 is 2.23 bits per heavy atom. The van der Waals surface area contributed by atoms with E-state index in [4.69, 9.17) is 4.74 Å². The molecular weight excluding hydrogens is 162 g/mol. The molecule has 1 aliphatic rings. The lowest BCUT2D eigenvalue weighted by atomic mass is 9.90. The first-order valence-electron chi connectivity index (χ1n) is 5.56. The highest BCUT2D eigenvalue weighted by molar-refractivity contribution is 4.75. The third-order valence-electron chi connectivity index (χ3n) is 2.85. The molecule has 78 valence electrons. The maximum absolute atomic E-state index is 5.72. The second-order valence-electron chi connectivity index (χ2n) is 4.35. The van der Waals surface area contributed by atoms with E-state index < -0.39 is 0 Å². The Hall–Kier alpha value is -0.0800. The first kappa shape index (κ1) is 11.0. The van der Waals surface area contributed by atoms with Crippen LogP contribution in [0.15, 0.2) is 0 Å². The minimum atomic E-state index is 0.498. The van der Waals surface area contributed by atoms with E-state index in [9.17, 15) is 0 Å². The lowest BCUT2D eigenvalue weighted by molar-refractivity contribution is -0.0334. The third-order valence-corrected chi connectivity index (χ3v) is 2.85. The van der Waals surface area contributed by atoms with Crippen molar-refractivity contribution in [2.45, 2.75) is 39.7 Å². The summed E-state index contributed by atoms with van der Waals surface area (Å²) in [5, 5.41) is 3.42. The maximum Gasteiger partial charge on any atom is 0.0601 e. The van der Waals surface area contributed by atoms with Gasteiger partial charge in [-0.05, 0) is 37.8 Å². The highest BCUT2D eigenvalue weighted by Crippen LogP contribution is 2.24. The molecule has 2 nitrogen and oxygen atoms in total. The van der Waals surface area contributed by atoms with Gasteiger partial charge in [-0.15, -0.1) is 0 Å². The summed E-state index contributed by atoms with van der Waals surface area (Å²) in [4.78, 5) is 0. The van der Waals surface area contributed by atoms with Crippen molar-refractivity contribution in [2.75, 3.05) is 19.7 Å². The largest absolute Gasteiger partial charge is 0.378 e. The van der Waals surface area contributed by atoms with Crippen LogP contribution < -0.4 is 5.32 Å². The third kappa shape index (κ3) is 3.65. The van der Waals surface area contributed by atoms with Crippen molar-refractivity contribution in [3.63, 3.8) is 0 Å². The molecule has 2 atom stereocenters. The smallest absolute Gasteiger partial charge is 0.0601 e. The van der Waals surface area contributed by atoms with E-state index in [1.54, 1.807) is 0 Å². The summed E-state index contributed by atoms with van der Waals surface area (Å²) in [5.41, 5.74) is 0. The normalized spacial score (nSPS) is 29.5. The molecule has 1 saturated heterocycles. The minimum Gasteiger partial charge on any atom is -0.378 e.